The minimum absolute atomic E-state index is 0.0708. The van der Waals surface area contributed by atoms with Crippen LogP contribution in [0.1, 0.15) is 13.8 Å². The van der Waals surface area contributed by atoms with E-state index in [0.717, 1.165) is 13.1 Å². The molecule has 1 heterocycles. The monoisotopic (exact) mass is 284 g/mol. The third kappa shape index (κ3) is 4.06. The van der Waals surface area contributed by atoms with Crippen molar-refractivity contribution in [2.24, 2.45) is 0 Å². The van der Waals surface area contributed by atoms with Gasteiger partial charge in [-0.05, 0) is 6.54 Å². The molecule has 0 atom stereocenters. The maximum absolute atomic E-state index is 12.3. The van der Waals surface area contributed by atoms with Crippen molar-refractivity contribution in [1.82, 2.24) is 19.4 Å². The molecule has 106 valence electrons. The summed E-state index contributed by atoms with van der Waals surface area (Å²) in [7, 11) is -3.54. The van der Waals surface area contributed by atoms with Crippen molar-refractivity contribution in [1.29, 1.82) is 0 Å². The fourth-order valence-corrected chi connectivity index (χ4v) is 2.91. The van der Waals surface area contributed by atoms with Gasteiger partial charge in [0.1, 0.15) is 4.90 Å². The van der Waals surface area contributed by atoms with E-state index in [1.165, 1.54) is 16.7 Å². The molecule has 0 saturated carbocycles. The first-order chi connectivity index (χ1) is 9.06. The zero-order valence-corrected chi connectivity index (χ0v) is 12.2. The second-order valence-electron chi connectivity index (χ2n) is 3.93. The number of nitrogens with one attached hydrogen (secondary N) is 1. The van der Waals surface area contributed by atoms with E-state index in [2.05, 4.69) is 16.3 Å². The molecule has 0 unspecified atom stereocenters. The van der Waals surface area contributed by atoms with E-state index < -0.39 is 10.0 Å². The Morgan fingerprint density at radius 2 is 2.26 bits per heavy atom. The highest BCUT2D eigenvalue weighted by atomic mass is 32.2. The van der Waals surface area contributed by atoms with Gasteiger partial charge in [0.15, 0.2) is 0 Å². The molecule has 1 aromatic heterocycles. The van der Waals surface area contributed by atoms with Gasteiger partial charge in [-0.3, -0.25) is 4.68 Å². The molecule has 0 fully saturated rings. The molecular formula is C12H20N4O2S. The molecule has 0 aliphatic rings. The number of terminal acetylenes is 1. The molecule has 0 aliphatic heterocycles. The molecule has 7 heteroatoms. The zero-order valence-electron chi connectivity index (χ0n) is 11.3. The first-order valence-corrected chi connectivity index (χ1v) is 7.67. The van der Waals surface area contributed by atoms with E-state index in [9.17, 15) is 8.42 Å². The molecule has 19 heavy (non-hydrogen) atoms. The molecule has 0 aliphatic carbocycles. The molecule has 1 aromatic rings. The van der Waals surface area contributed by atoms with Gasteiger partial charge in [-0.25, -0.2) is 8.42 Å². The number of hydrogen-bond acceptors (Lipinski definition) is 4. The molecular weight excluding hydrogens is 264 g/mol. The molecule has 0 radical (unpaired) electrons. The highest BCUT2D eigenvalue weighted by molar-refractivity contribution is 7.89. The van der Waals surface area contributed by atoms with Gasteiger partial charge in [-0.15, -0.1) is 6.42 Å². The molecule has 0 aromatic carbocycles. The number of aromatic nitrogens is 2. The minimum atomic E-state index is -3.54. The predicted octanol–water partition coefficient (Wildman–Crippen LogP) is 0.136. The largest absolute Gasteiger partial charge is 0.315 e. The average Bonchev–Trinajstić information content (AvgIpc) is 2.85. The van der Waals surface area contributed by atoms with Gasteiger partial charge in [0.2, 0.25) is 10.0 Å². The lowest BCUT2D eigenvalue weighted by molar-refractivity contribution is 0.464. The van der Waals surface area contributed by atoms with E-state index in [4.69, 9.17) is 6.42 Å². The summed E-state index contributed by atoms with van der Waals surface area (Å²) >= 11 is 0. The molecule has 6 nitrogen and oxygen atoms in total. The first-order valence-electron chi connectivity index (χ1n) is 6.23. The van der Waals surface area contributed by atoms with Crippen LogP contribution in [-0.4, -0.2) is 48.7 Å². The summed E-state index contributed by atoms with van der Waals surface area (Å²) in [4.78, 5) is 0.182. The van der Waals surface area contributed by atoms with E-state index in [-0.39, 0.29) is 11.4 Å². The van der Waals surface area contributed by atoms with Gasteiger partial charge in [0.05, 0.1) is 19.3 Å². The molecule has 0 saturated heterocycles. The maximum atomic E-state index is 12.3. The fourth-order valence-electron chi connectivity index (χ4n) is 1.59. The summed E-state index contributed by atoms with van der Waals surface area (Å²) < 4.78 is 27.4. The topological polar surface area (TPSA) is 67.2 Å². The van der Waals surface area contributed by atoms with Gasteiger partial charge in [0, 0.05) is 19.3 Å². The standard InChI is InChI=1S/C12H20N4O2S/c1-4-8-16(6-3)19(17,18)12-10-14-15(11-12)9-7-13-5-2/h1,10-11,13H,5-9H2,2-3H3. The van der Waals surface area contributed by atoms with Gasteiger partial charge in [-0.1, -0.05) is 19.8 Å². The lowest BCUT2D eigenvalue weighted by Gasteiger charge is -2.16. The quantitative estimate of drug-likeness (QED) is 0.544. The van der Waals surface area contributed by atoms with Crippen molar-refractivity contribution in [3.63, 3.8) is 0 Å². The Balaban J connectivity index is 2.82. The summed E-state index contributed by atoms with van der Waals surface area (Å²) in [5.41, 5.74) is 0. The van der Waals surface area contributed by atoms with Crippen molar-refractivity contribution in [2.45, 2.75) is 25.3 Å². The first kappa shape index (κ1) is 15.7. The highest BCUT2D eigenvalue weighted by Crippen LogP contribution is 2.13. The Morgan fingerprint density at radius 1 is 1.53 bits per heavy atom. The number of rotatable bonds is 8. The van der Waals surface area contributed by atoms with Crippen molar-refractivity contribution in [3.8, 4) is 12.3 Å². The van der Waals surface area contributed by atoms with Gasteiger partial charge >= 0.3 is 0 Å². The zero-order chi connectivity index (χ0) is 14.3. The Labute approximate surface area is 114 Å². The summed E-state index contributed by atoms with van der Waals surface area (Å²) in [6, 6.07) is 0. The smallest absolute Gasteiger partial charge is 0.247 e. The van der Waals surface area contributed by atoms with Crippen LogP contribution in [0.2, 0.25) is 0 Å². The maximum Gasteiger partial charge on any atom is 0.247 e. The van der Waals surface area contributed by atoms with Crippen LogP contribution in [0.4, 0.5) is 0 Å². The molecule has 0 spiro atoms. The third-order valence-electron chi connectivity index (χ3n) is 2.64. The van der Waals surface area contributed by atoms with Gasteiger partial charge in [0.25, 0.3) is 0 Å². The number of sulfonamides is 1. The van der Waals surface area contributed by atoms with Crippen LogP contribution in [0, 0.1) is 12.3 Å². The number of nitrogens with zero attached hydrogens (tertiary/aromatic N) is 3. The Bertz CT molecular complexity index is 530. The lowest BCUT2D eigenvalue weighted by Crippen LogP contribution is -2.31. The summed E-state index contributed by atoms with van der Waals surface area (Å²) in [5, 5.41) is 7.20. The second kappa shape index (κ2) is 7.28. The normalized spacial score (nSPS) is 11.7. The molecule has 1 rings (SSSR count). The number of likely N-dealkylation sites (N-methyl/N-ethyl adjacent to an activating group) is 1. The van der Waals surface area contributed by atoms with Gasteiger partial charge in [-0.2, -0.15) is 9.40 Å². The Kier molecular flexibility index (Phi) is 6.02. The molecule has 1 N–H and O–H groups in total. The van der Waals surface area contributed by atoms with Crippen LogP contribution < -0.4 is 5.32 Å². The number of hydrogen-bond donors (Lipinski definition) is 1. The van der Waals surface area contributed by atoms with E-state index in [1.807, 2.05) is 6.92 Å². The van der Waals surface area contributed by atoms with Crippen molar-refractivity contribution >= 4 is 10.0 Å². The van der Waals surface area contributed by atoms with Crippen LogP contribution in [0.25, 0.3) is 0 Å². The van der Waals surface area contributed by atoms with Crippen molar-refractivity contribution in [3.05, 3.63) is 12.4 Å². The van der Waals surface area contributed by atoms with Crippen LogP contribution in [0.5, 0.6) is 0 Å². The van der Waals surface area contributed by atoms with E-state index in [1.54, 1.807) is 11.6 Å². The molecule has 0 bridgehead atoms. The Morgan fingerprint density at radius 3 is 2.84 bits per heavy atom. The summed E-state index contributed by atoms with van der Waals surface area (Å²) in [5.74, 6) is 2.35. The summed E-state index contributed by atoms with van der Waals surface area (Å²) in [6.07, 6.45) is 8.08. The molecule has 0 amide bonds. The Hall–Kier alpha value is -1.36. The summed E-state index contributed by atoms with van der Waals surface area (Å²) in [6.45, 7) is 6.43. The van der Waals surface area contributed by atoms with Crippen molar-refractivity contribution in [2.75, 3.05) is 26.2 Å². The van der Waals surface area contributed by atoms with Crippen LogP contribution >= 0.6 is 0 Å². The van der Waals surface area contributed by atoms with Crippen LogP contribution in [0.15, 0.2) is 17.3 Å². The second-order valence-corrected chi connectivity index (χ2v) is 5.87. The SMILES string of the molecule is C#CCN(CC)S(=O)(=O)c1cnn(CCNCC)c1. The minimum Gasteiger partial charge on any atom is -0.315 e. The van der Waals surface area contributed by atoms with E-state index in [0.29, 0.717) is 13.1 Å². The average molecular weight is 284 g/mol. The predicted molar refractivity (Wildman–Crippen MR) is 74.0 cm³/mol. The van der Waals surface area contributed by atoms with Gasteiger partial charge < -0.3 is 5.32 Å². The van der Waals surface area contributed by atoms with Crippen molar-refractivity contribution < 1.29 is 8.42 Å². The third-order valence-corrected chi connectivity index (χ3v) is 4.51. The van der Waals surface area contributed by atoms with Crippen LogP contribution in [0.3, 0.4) is 0 Å². The highest BCUT2D eigenvalue weighted by Gasteiger charge is 2.23. The fraction of sp³-hybridized carbons (Fsp3) is 0.583. The van der Waals surface area contributed by atoms with Crippen LogP contribution in [-0.2, 0) is 16.6 Å². The lowest BCUT2D eigenvalue weighted by atomic mass is 10.6. The van der Waals surface area contributed by atoms with E-state index >= 15 is 0 Å².